The van der Waals surface area contributed by atoms with E-state index in [0.717, 1.165) is 27.6 Å². The van der Waals surface area contributed by atoms with E-state index in [1.165, 1.54) is 0 Å². The van der Waals surface area contributed by atoms with Crippen LogP contribution in [0.3, 0.4) is 0 Å². The third-order valence-electron chi connectivity index (χ3n) is 3.48. The highest BCUT2D eigenvalue weighted by Gasteiger charge is 2.24. The molecule has 106 valence electrons. The number of nitrogens with zero attached hydrogens (tertiary/aromatic N) is 1. The minimum Gasteiger partial charge on any atom is -0.370 e. The largest absolute Gasteiger partial charge is 0.382 e. The van der Waals surface area contributed by atoms with Crippen molar-refractivity contribution in [1.29, 1.82) is 0 Å². The number of fused-ring (bicyclic) bond motifs is 2. The summed E-state index contributed by atoms with van der Waals surface area (Å²) < 4.78 is 30.7. The molecule has 0 fully saturated rings. The maximum Gasteiger partial charge on any atom is 0.382 e. The summed E-state index contributed by atoms with van der Waals surface area (Å²) in [6.07, 6.45) is 1.74. The topological polar surface area (TPSA) is 84.1 Å². The fourth-order valence-corrected chi connectivity index (χ4v) is 3.27. The van der Waals surface area contributed by atoms with Crippen molar-refractivity contribution in [3.8, 4) is 16.9 Å². The van der Waals surface area contributed by atoms with Crippen molar-refractivity contribution in [3.63, 3.8) is 0 Å². The van der Waals surface area contributed by atoms with Gasteiger partial charge in [-0.2, -0.15) is 18.2 Å². The van der Waals surface area contributed by atoms with Gasteiger partial charge in [-0.25, -0.2) is 0 Å². The molecule has 1 aliphatic heterocycles. The molecule has 21 heavy (non-hydrogen) atoms. The minimum atomic E-state index is -3.73. The smallest absolute Gasteiger partial charge is 0.370 e. The van der Waals surface area contributed by atoms with Crippen LogP contribution in [0.15, 0.2) is 42.6 Å². The van der Waals surface area contributed by atoms with Crippen LogP contribution in [0, 0.1) is 0 Å². The highest BCUT2D eigenvalue weighted by atomic mass is 32.2. The number of H-pyrrole nitrogens is 1. The second kappa shape index (κ2) is 4.31. The van der Waals surface area contributed by atoms with E-state index < -0.39 is 10.3 Å². The van der Waals surface area contributed by atoms with E-state index in [4.69, 9.17) is 4.18 Å². The Balaban J connectivity index is 1.92. The van der Waals surface area contributed by atoms with Crippen molar-refractivity contribution >= 4 is 21.2 Å². The first-order valence-electron chi connectivity index (χ1n) is 6.37. The summed E-state index contributed by atoms with van der Waals surface area (Å²) in [5.41, 5.74) is 3.32. The van der Waals surface area contributed by atoms with E-state index in [9.17, 15) is 8.42 Å². The number of aromatic nitrogens is 2. The van der Waals surface area contributed by atoms with Gasteiger partial charge in [-0.3, -0.25) is 5.10 Å². The van der Waals surface area contributed by atoms with E-state index in [1.807, 2.05) is 36.4 Å². The van der Waals surface area contributed by atoms with Crippen LogP contribution < -0.4 is 8.91 Å². The standard InChI is InChI=1S/C14H11N3O3S/c18-21(19)16-8-11-2-1-3-12(14(11)20-21)9-4-5-10-7-15-17-13(10)6-9/h1-7,16H,8H2,(H,15,17). The maximum atomic E-state index is 11.6. The average molecular weight is 301 g/mol. The van der Waals surface area contributed by atoms with Gasteiger partial charge in [-0.1, -0.05) is 30.3 Å². The molecule has 0 spiro atoms. The fourth-order valence-electron chi connectivity index (χ4n) is 2.46. The molecule has 0 unspecified atom stereocenters. The molecule has 4 rings (SSSR count). The summed E-state index contributed by atoms with van der Waals surface area (Å²) in [6.45, 7) is 0.234. The van der Waals surface area contributed by atoms with Crippen molar-refractivity contribution in [3.05, 3.63) is 48.2 Å². The monoisotopic (exact) mass is 301 g/mol. The Morgan fingerprint density at radius 1 is 1.19 bits per heavy atom. The lowest BCUT2D eigenvalue weighted by atomic mass is 10.0. The van der Waals surface area contributed by atoms with Crippen molar-refractivity contribution in [1.82, 2.24) is 14.9 Å². The first-order valence-corrected chi connectivity index (χ1v) is 7.78. The molecule has 7 heteroatoms. The average Bonchev–Trinajstić information content (AvgIpc) is 2.93. The van der Waals surface area contributed by atoms with Crippen LogP contribution in [0.2, 0.25) is 0 Å². The number of rotatable bonds is 1. The first kappa shape index (κ1) is 12.4. The van der Waals surface area contributed by atoms with E-state index in [1.54, 1.807) is 6.20 Å². The van der Waals surface area contributed by atoms with Crippen LogP contribution in [0.4, 0.5) is 0 Å². The Bertz CT molecular complexity index is 947. The third-order valence-corrected chi connectivity index (χ3v) is 4.37. The van der Waals surface area contributed by atoms with Gasteiger partial charge < -0.3 is 4.18 Å². The molecule has 0 aliphatic carbocycles. The van der Waals surface area contributed by atoms with Crippen LogP contribution in [0.1, 0.15) is 5.56 Å². The van der Waals surface area contributed by atoms with E-state index in [2.05, 4.69) is 14.9 Å². The van der Waals surface area contributed by atoms with Gasteiger partial charge in [0.25, 0.3) is 0 Å². The fraction of sp³-hybridized carbons (Fsp3) is 0.0714. The van der Waals surface area contributed by atoms with Gasteiger partial charge in [-0.05, 0) is 11.6 Å². The quantitative estimate of drug-likeness (QED) is 0.719. The van der Waals surface area contributed by atoms with Crippen LogP contribution >= 0.6 is 0 Å². The Hall–Kier alpha value is -2.38. The molecule has 0 bridgehead atoms. The molecule has 0 amide bonds. The number of aromatic amines is 1. The molecule has 1 aliphatic rings. The van der Waals surface area contributed by atoms with Crippen LogP contribution in [-0.2, 0) is 16.8 Å². The molecule has 0 radical (unpaired) electrons. The van der Waals surface area contributed by atoms with Crippen molar-refractivity contribution in [2.75, 3.05) is 0 Å². The van der Waals surface area contributed by atoms with E-state index in [0.29, 0.717) is 5.75 Å². The van der Waals surface area contributed by atoms with E-state index in [-0.39, 0.29) is 6.54 Å². The lowest BCUT2D eigenvalue weighted by Gasteiger charge is -2.20. The van der Waals surface area contributed by atoms with Crippen LogP contribution in [0.5, 0.6) is 5.75 Å². The zero-order valence-corrected chi connectivity index (χ0v) is 11.6. The van der Waals surface area contributed by atoms with Gasteiger partial charge >= 0.3 is 10.3 Å². The Labute approximate surface area is 121 Å². The highest BCUT2D eigenvalue weighted by molar-refractivity contribution is 7.85. The molecule has 2 heterocycles. The molecule has 1 aromatic heterocycles. The molecule has 3 aromatic rings. The predicted molar refractivity (Wildman–Crippen MR) is 77.9 cm³/mol. The summed E-state index contributed by atoms with van der Waals surface area (Å²) in [5.74, 6) is 0.384. The van der Waals surface area contributed by atoms with Crippen molar-refractivity contribution in [2.45, 2.75) is 6.54 Å². The van der Waals surface area contributed by atoms with Gasteiger partial charge in [0.05, 0.1) is 11.7 Å². The summed E-state index contributed by atoms with van der Waals surface area (Å²) in [5, 5.41) is 7.89. The van der Waals surface area contributed by atoms with Gasteiger partial charge in [0.2, 0.25) is 0 Å². The van der Waals surface area contributed by atoms with Crippen molar-refractivity contribution < 1.29 is 12.6 Å². The SMILES string of the molecule is O=S1(=O)NCc2cccc(-c3ccc4cn[nH]c4c3)c2O1. The first-order chi connectivity index (χ1) is 10.1. The summed E-state index contributed by atoms with van der Waals surface area (Å²) in [7, 11) is -3.73. The summed E-state index contributed by atoms with van der Waals surface area (Å²) in [4.78, 5) is 0. The molecule has 0 saturated heterocycles. The zero-order chi connectivity index (χ0) is 14.4. The van der Waals surface area contributed by atoms with Gasteiger partial charge in [0.1, 0.15) is 0 Å². The number of para-hydroxylation sites is 1. The molecule has 2 N–H and O–H groups in total. The second-order valence-corrected chi connectivity index (χ2v) is 6.19. The number of hydrogen-bond donors (Lipinski definition) is 2. The number of benzene rings is 2. The van der Waals surface area contributed by atoms with Crippen molar-refractivity contribution in [2.24, 2.45) is 0 Å². The normalized spacial score (nSPS) is 16.4. The zero-order valence-electron chi connectivity index (χ0n) is 10.8. The summed E-state index contributed by atoms with van der Waals surface area (Å²) >= 11 is 0. The maximum absolute atomic E-state index is 11.6. The highest BCUT2D eigenvalue weighted by Crippen LogP contribution is 2.36. The summed E-state index contributed by atoms with van der Waals surface area (Å²) in [6, 6.07) is 11.4. The molecule has 2 aromatic carbocycles. The Morgan fingerprint density at radius 2 is 2.10 bits per heavy atom. The predicted octanol–water partition coefficient (Wildman–Crippen LogP) is 1.96. The van der Waals surface area contributed by atoms with Gasteiger partial charge in [0.15, 0.2) is 5.75 Å². The Morgan fingerprint density at radius 3 is 3.00 bits per heavy atom. The van der Waals surface area contributed by atoms with E-state index >= 15 is 0 Å². The lowest BCUT2D eigenvalue weighted by molar-refractivity contribution is 0.454. The molecule has 0 saturated carbocycles. The molecule has 6 nitrogen and oxygen atoms in total. The molecule has 0 atom stereocenters. The Kier molecular flexibility index (Phi) is 2.54. The molecular weight excluding hydrogens is 290 g/mol. The van der Waals surface area contributed by atoms with Crippen LogP contribution in [-0.4, -0.2) is 18.6 Å². The molecular formula is C14H11N3O3S. The van der Waals surface area contributed by atoms with Crippen LogP contribution in [0.25, 0.3) is 22.0 Å². The number of nitrogens with one attached hydrogen (secondary N) is 2. The van der Waals surface area contributed by atoms with Gasteiger partial charge in [0, 0.05) is 23.1 Å². The lowest BCUT2D eigenvalue weighted by Crippen LogP contribution is -2.32. The third kappa shape index (κ3) is 2.07. The minimum absolute atomic E-state index is 0.234. The van der Waals surface area contributed by atoms with Gasteiger partial charge in [-0.15, -0.1) is 0 Å². The number of hydrogen-bond acceptors (Lipinski definition) is 4. The second-order valence-electron chi connectivity index (χ2n) is 4.82.